The highest BCUT2D eigenvalue weighted by Crippen LogP contribution is 2.34. The highest BCUT2D eigenvalue weighted by atomic mass is 127. The maximum Gasteiger partial charge on any atom is 0.174 e. The molecule has 0 aliphatic carbocycles. The lowest BCUT2D eigenvalue weighted by atomic mass is 10.2. The third kappa shape index (κ3) is 5.12. The first-order chi connectivity index (χ1) is 11.7. The van der Waals surface area contributed by atoms with E-state index in [1.165, 1.54) is 0 Å². The number of hydrogen-bond donors (Lipinski definition) is 0. The number of ether oxygens (including phenoxy) is 3. The largest absolute Gasteiger partial charge is 0.497 e. The van der Waals surface area contributed by atoms with E-state index in [1.54, 1.807) is 7.11 Å². The molecule has 0 heterocycles. The van der Waals surface area contributed by atoms with E-state index in [9.17, 15) is 0 Å². The van der Waals surface area contributed by atoms with Crippen LogP contribution in [0.3, 0.4) is 0 Å². The lowest BCUT2D eigenvalue weighted by Gasteiger charge is -2.14. The van der Waals surface area contributed by atoms with E-state index < -0.39 is 0 Å². The molecule has 4 nitrogen and oxygen atoms in total. The molecule has 5 heteroatoms. The summed E-state index contributed by atoms with van der Waals surface area (Å²) in [4.78, 5) is 4.51. The Morgan fingerprint density at radius 3 is 2.46 bits per heavy atom. The third-order valence-corrected chi connectivity index (χ3v) is 4.02. The number of benzene rings is 2. The van der Waals surface area contributed by atoms with Gasteiger partial charge in [-0.25, -0.2) is 0 Å². The summed E-state index contributed by atoms with van der Waals surface area (Å²) in [7, 11) is 1.65. The van der Waals surface area contributed by atoms with Crippen molar-refractivity contribution in [1.82, 2.24) is 0 Å². The third-order valence-electron chi connectivity index (χ3n) is 3.22. The lowest BCUT2D eigenvalue weighted by Crippen LogP contribution is -2.02. The van der Waals surface area contributed by atoms with Crippen LogP contribution in [0.2, 0.25) is 0 Å². The molecule has 0 bridgehead atoms. The van der Waals surface area contributed by atoms with Gasteiger partial charge in [0.05, 0.1) is 29.6 Å². The molecule has 0 aromatic heterocycles. The molecule has 0 amide bonds. The maximum absolute atomic E-state index is 5.82. The topological polar surface area (TPSA) is 40.0 Å². The van der Waals surface area contributed by atoms with E-state index in [2.05, 4.69) is 34.5 Å². The van der Waals surface area contributed by atoms with Gasteiger partial charge in [-0.3, -0.25) is 4.99 Å². The van der Waals surface area contributed by atoms with Crippen molar-refractivity contribution in [2.45, 2.75) is 20.3 Å². The number of halogens is 1. The van der Waals surface area contributed by atoms with Gasteiger partial charge >= 0.3 is 0 Å². The molecule has 0 fully saturated rings. The summed E-state index contributed by atoms with van der Waals surface area (Å²) in [6.07, 6.45) is 2.79. The minimum Gasteiger partial charge on any atom is -0.497 e. The van der Waals surface area contributed by atoms with Gasteiger partial charge in [0, 0.05) is 6.21 Å². The van der Waals surface area contributed by atoms with Gasteiger partial charge in [-0.2, -0.15) is 0 Å². The molecule has 0 N–H and O–H groups in total. The fraction of sp³-hybridized carbons (Fsp3) is 0.316. The molecule has 2 rings (SSSR count). The summed E-state index contributed by atoms with van der Waals surface area (Å²) in [5.74, 6) is 2.38. The van der Waals surface area contributed by atoms with E-state index in [0.717, 1.165) is 38.5 Å². The van der Waals surface area contributed by atoms with Gasteiger partial charge in [0.15, 0.2) is 11.5 Å². The molecule has 0 atom stereocenters. The number of rotatable bonds is 8. The van der Waals surface area contributed by atoms with Crippen molar-refractivity contribution >= 4 is 34.5 Å². The van der Waals surface area contributed by atoms with Crippen LogP contribution in [0.25, 0.3) is 0 Å². The molecule has 2 aromatic rings. The lowest BCUT2D eigenvalue weighted by molar-refractivity contribution is 0.275. The van der Waals surface area contributed by atoms with Gasteiger partial charge in [-0.1, -0.05) is 6.92 Å². The second-order valence-electron chi connectivity index (χ2n) is 5.07. The molecule has 0 saturated carbocycles. The van der Waals surface area contributed by atoms with Crippen molar-refractivity contribution in [3.05, 3.63) is 45.5 Å². The second kappa shape index (κ2) is 9.52. The predicted octanol–water partition coefficient (Wildman–Crippen LogP) is 5.24. The number of methoxy groups -OCH3 is 1. The zero-order chi connectivity index (χ0) is 17.4. The van der Waals surface area contributed by atoms with Crippen molar-refractivity contribution in [3.63, 3.8) is 0 Å². The Bertz CT molecular complexity index is 684. The second-order valence-corrected chi connectivity index (χ2v) is 6.23. The van der Waals surface area contributed by atoms with Crippen LogP contribution < -0.4 is 14.2 Å². The Kier molecular flexibility index (Phi) is 7.36. The van der Waals surface area contributed by atoms with Crippen LogP contribution in [-0.2, 0) is 0 Å². The molecule has 0 unspecified atom stereocenters. The number of nitrogens with zero attached hydrogens (tertiary/aromatic N) is 1. The van der Waals surface area contributed by atoms with Gasteiger partial charge in [0.1, 0.15) is 5.75 Å². The molecule has 2 aromatic carbocycles. The van der Waals surface area contributed by atoms with Crippen LogP contribution in [0.15, 0.2) is 41.4 Å². The molecular weight excluding hydrogens is 417 g/mol. The molecule has 0 saturated heterocycles. The fourth-order valence-corrected chi connectivity index (χ4v) is 2.87. The molecule has 0 aliphatic rings. The SMILES string of the molecule is CCCOc1c(I)cc(C=Nc2ccc(OC)cc2)cc1OCC. The average molecular weight is 439 g/mol. The summed E-state index contributed by atoms with van der Waals surface area (Å²) >= 11 is 2.27. The Labute approximate surface area is 157 Å². The number of aliphatic imine (C=N–C) groups is 1. The first-order valence-electron chi connectivity index (χ1n) is 7.95. The minimum atomic E-state index is 0.595. The highest BCUT2D eigenvalue weighted by Gasteiger charge is 2.11. The van der Waals surface area contributed by atoms with Gasteiger partial charge in [0.25, 0.3) is 0 Å². The van der Waals surface area contributed by atoms with E-state index in [1.807, 2.05) is 49.5 Å². The Morgan fingerprint density at radius 1 is 1.08 bits per heavy atom. The minimum absolute atomic E-state index is 0.595. The van der Waals surface area contributed by atoms with E-state index in [-0.39, 0.29) is 0 Å². The van der Waals surface area contributed by atoms with Crippen molar-refractivity contribution < 1.29 is 14.2 Å². The van der Waals surface area contributed by atoms with Crippen LogP contribution in [0.4, 0.5) is 5.69 Å². The fourth-order valence-electron chi connectivity index (χ4n) is 2.09. The number of hydrogen-bond acceptors (Lipinski definition) is 4. The molecule has 0 spiro atoms. The molecule has 24 heavy (non-hydrogen) atoms. The average Bonchev–Trinajstić information content (AvgIpc) is 2.60. The van der Waals surface area contributed by atoms with Crippen molar-refractivity contribution in [3.8, 4) is 17.2 Å². The standard InChI is InChI=1S/C19H22INO3/c1-4-10-24-19-17(20)11-14(12-18(19)23-5-2)13-21-15-6-8-16(22-3)9-7-15/h6-9,11-13H,4-5,10H2,1-3H3. The summed E-state index contributed by atoms with van der Waals surface area (Å²) in [5.41, 5.74) is 1.84. The monoisotopic (exact) mass is 439 g/mol. The first kappa shape index (κ1) is 18.6. The van der Waals surface area contributed by atoms with Crippen molar-refractivity contribution in [1.29, 1.82) is 0 Å². The zero-order valence-electron chi connectivity index (χ0n) is 14.2. The zero-order valence-corrected chi connectivity index (χ0v) is 16.4. The smallest absolute Gasteiger partial charge is 0.174 e. The predicted molar refractivity (Wildman–Crippen MR) is 106 cm³/mol. The van der Waals surface area contributed by atoms with Gasteiger partial charge in [-0.05, 0) is 77.9 Å². The van der Waals surface area contributed by atoms with Crippen LogP contribution >= 0.6 is 22.6 Å². The molecule has 0 radical (unpaired) electrons. The van der Waals surface area contributed by atoms with Gasteiger partial charge in [0.2, 0.25) is 0 Å². The van der Waals surface area contributed by atoms with Crippen LogP contribution in [0.1, 0.15) is 25.8 Å². The first-order valence-corrected chi connectivity index (χ1v) is 9.03. The Balaban J connectivity index is 2.24. The molecular formula is C19H22INO3. The van der Waals surface area contributed by atoms with Crippen molar-refractivity contribution in [2.75, 3.05) is 20.3 Å². The molecule has 128 valence electrons. The summed E-state index contributed by atoms with van der Waals surface area (Å²) in [6, 6.07) is 11.6. The van der Waals surface area contributed by atoms with Crippen LogP contribution in [0.5, 0.6) is 17.2 Å². The summed E-state index contributed by atoms with van der Waals surface area (Å²) in [5, 5.41) is 0. The van der Waals surface area contributed by atoms with E-state index >= 15 is 0 Å². The summed E-state index contributed by atoms with van der Waals surface area (Å²) in [6.45, 7) is 5.32. The van der Waals surface area contributed by atoms with Crippen LogP contribution in [-0.4, -0.2) is 26.5 Å². The Morgan fingerprint density at radius 2 is 1.83 bits per heavy atom. The van der Waals surface area contributed by atoms with E-state index in [0.29, 0.717) is 13.2 Å². The van der Waals surface area contributed by atoms with E-state index in [4.69, 9.17) is 14.2 Å². The maximum atomic E-state index is 5.82. The normalized spacial score (nSPS) is 10.8. The molecule has 0 aliphatic heterocycles. The van der Waals surface area contributed by atoms with Gasteiger partial charge in [-0.15, -0.1) is 0 Å². The highest BCUT2D eigenvalue weighted by molar-refractivity contribution is 14.1. The van der Waals surface area contributed by atoms with Crippen LogP contribution in [0, 0.1) is 3.57 Å². The summed E-state index contributed by atoms with van der Waals surface area (Å²) < 4.78 is 17.7. The Hall–Kier alpha value is -1.76. The quantitative estimate of drug-likeness (QED) is 0.418. The van der Waals surface area contributed by atoms with Crippen molar-refractivity contribution in [2.24, 2.45) is 4.99 Å². The van der Waals surface area contributed by atoms with Gasteiger partial charge < -0.3 is 14.2 Å².